The molecular weight excluding hydrogens is 376 g/mol. The maximum atomic E-state index is 5.94. The van der Waals surface area contributed by atoms with Crippen LogP contribution in [0.1, 0.15) is 18.1 Å². The number of aliphatic imine (C=N–C) groups is 1. The molecule has 0 bridgehead atoms. The fraction of sp³-hybridized carbons (Fsp3) is 0.462. The minimum absolute atomic E-state index is 0. The molecule has 2 rings (SSSR count). The van der Waals surface area contributed by atoms with Gasteiger partial charge in [-0.3, -0.25) is 4.99 Å². The highest BCUT2D eigenvalue weighted by Gasteiger charge is 2.20. The Morgan fingerprint density at radius 2 is 1.74 bits per heavy atom. The molecule has 1 aliphatic heterocycles. The second-order valence-electron chi connectivity index (χ2n) is 4.17. The molecule has 1 aromatic carbocycles. The lowest BCUT2D eigenvalue weighted by Gasteiger charge is -2.21. The van der Waals surface area contributed by atoms with Crippen LogP contribution < -0.4 is 15.2 Å². The van der Waals surface area contributed by atoms with E-state index in [0.29, 0.717) is 0 Å². The second-order valence-corrected chi connectivity index (χ2v) is 4.17. The highest BCUT2D eigenvalue weighted by Crippen LogP contribution is 2.32. The summed E-state index contributed by atoms with van der Waals surface area (Å²) in [7, 11) is 3.28. The fourth-order valence-corrected chi connectivity index (χ4v) is 2.14. The third kappa shape index (κ3) is 3.70. The van der Waals surface area contributed by atoms with Crippen molar-refractivity contribution in [3.05, 3.63) is 23.3 Å². The molecule has 0 amide bonds. The van der Waals surface area contributed by atoms with Crippen LogP contribution in [0.4, 0.5) is 0 Å². The number of hydrogen-bond donors (Lipinski definition) is 1. The van der Waals surface area contributed by atoms with Crippen LogP contribution in [0.25, 0.3) is 0 Å². The van der Waals surface area contributed by atoms with Crippen molar-refractivity contribution in [2.75, 3.05) is 20.8 Å². The van der Waals surface area contributed by atoms with Crippen LogP contribution >= 0.6 is 34.0 Å². The molecule has 2 N–H and O–H groups in total. The average molecular weight is 396 g/mol. The number of halogens is 2. The first kappa shape index (κ1) is 18.4. The van der Waals surface area contributed by atoms with Crippen molar-refractivity contribution in [1.29, 1.82) is 0 Å². The predicted octanol–water partition coefficient (Wildman–Crippen LogP) is 2.55. The Labute approximate surface area is 134 Å². The van der Waals surface area contributed by atoms with Gasteiger partial charge in [-0.15, -0.1) is 34.0 Å². The van der Waals surface area contributed by atoms with Crippen molar-refractivity contribution < 1.29 is 9.47 Å². The molecule has 0 fully saturated rings. The van der Waals surface area contributed by atoms with Crippen LogP contribution in [-0.4, -0.2) is 32.5 Å². The van der Waals surface area contributed by atoms with Crippen LogP contribution in [0.3, 0.4) is 0 Å². The number of nitrogens with two attached hydrogens (primary N) is 1. The van der Waals surface area contributed by atoms with Gasteiger partial charge in [-0.2, -0.15) is 0 Å². The molecule has 1 aromatic rings. The largest absolute Gasteiger partial charge is 0.493 e. The Hall–Kier alpha value is -0.590. The van der Waals surface area contributed by atoms with Gasteiger partial charge in [0.15, 0.2) is 11.5 Å². The maximum absolute atomic E-state index is 5.94. The normalized spacial score (nSPS) is 14.2. The minimum atomic E-state index is -0.0628. The highest BCUT2D eigenvalue weighted by molar-refractivity contribution is 8.93. The van der Waals surface area contributed by atoms with Gasteiger partial charge in [-0.05, 0) is 31.0 Å². The maximum Gasteiger partial charge on any atom is 0.161 e. The zero-order valence-corrected chi connectivity index (χ0v) is 14.7. The summed E-state index contributed by atoms with van der Waals surface area (Å²) in [5.41, 5.74) is 9.21. The monoisotopic (exact) mass is 394 g/mol. The second kappa shape index (κ2) is 7.87. The molecule has 0 aromatic heterocycles. The Kier molecular flexibility index (Phi) is 7.62. The van der Waals surface area contributed by atoms with E-state index in [-0.39, 0.29) is 40.0 Å². The first-order valence-corrected chi connectivity index (χ1v) is 5.72. The third-order valence-corrected chi connectivity index (χ3v) is 2.98. The molecule has 1 aliphatic rings. The molecule has 1 heterocycles. The summed E-state index contributed by atoms with van der Waals surface area (Å²) < 4.78 is 10.6. The van der Waals surface area contributed by atoms with Gasteiger partial charge in [-0.25, -0.2) is 0 Å². The van der Waals surface area contributed by atoms with E-state index < -0.39 is 0 Å². The van der Waals surface area contributed by atoms with E-state index >= 15 is 0 Å². The fourth-order valence-electron chi connectivity index (χ4n) is 2.14. The molecule has 0 spiro atoms. The topological polar surface area (TPSA) is 56.8 Å². The number of ether oxygens (including phenoxy) is 2. The van der Waals surface area contributed by atoms with Crippen molar-refractivity contribution in [3.63, 3.8) is 0 Å². The Morgan fingerprint density at radius 3 is 2.26 bits per heavy atom. The Bertz CT molecular complexity index is 462. The van der Waals surface area contributed by atoms with Crippen molar-refractivity contribution in [3.8, 4) is 11.5 Å². The van der Waals surface area contributed by atoms with Gasteiger partial charge >= 0.3 is 0 Å². The number of rotatable bonds is 3. The van der Waals surface area contributed by atoms with Crippen molar-refractivity contribution in [2.45, 2.75) is 19.4 Å². The van der Waals surface area contributed by atoms with E-state index in [0.717, 1.165) is 35.7 Å². The number of benzene rings is 1. The van der Waals surface area contributed by atoms with Crippen LogP contribution in [0.2, 0.25) is 0 Å². The van der Waals surface area contributed by atoms with Crippen molar-refractivity contribution in [1.82, 2.24) is 0 Å². The highest BCUT2D eigenvalue weighted by atomic mass is 79.9. The summed E-state index contributed by atoms with van der Waals surface area (Å²) in [6.07, 6.45) is 0.923. The molecule has 0 radical (unpaired) electrons. The smallest absolute Gasteiger partial charge is 0.161 e. The zero-order chi connectivity index (χ0) is 12.4. The SMILES string of the molecule is Br.Br.COc1cc2c(cc1OC)C(C(C)N)=NCC2. The molecule has 0 aliphatic carbocycles. The number of hydrogen-bond acceptors (Lipinski definition) is 4. The summed E-state index contributed by atoms with van der Waals surface area (Å²) in [5, 5.41) is 0. The average Bonchev–Trinajstić information content (AvgIpc) is 2.35. The molecule has 108 valence electrons. The summed E-state index contributed by atoms with van der Waals surface area (Å²) in [6.45, 7) is 2.74. The number of methoxy groups -OCH3 is 2. The van der Waals surface area contributed by atoms with Gasteiger partial charge in [0, 0.05) is 18.2 Å². The number of nitrogens with zero attached hydrogens (tertiary/aromatic N) is 1. The molecule has 0 saturated carbocycles. The van der Waals surface area contributed by atoms with E-state index in [4.69, 9.17) is 15.2 Å². The lowest BCUT2D eigenvalue weighted by atomic mass is 9.94. The summed E-state index contributed by atoms with van der Waals surface area (Å²) in [4.78, 5) is 4.50. The van der Waals surface area contributed by atoms with Gasteiger partial charge < -0.3 is 15.2 Å². The van der Waals surface area contributed by atoms with E-state index in [1.807, 2.05) is 19.1 Å². The molecule has 4 nitrogen and oxygen atoms in total. The molecule has 0 saturated heterocycles. The third-order valence-electron chi connectivity index (χ3n) is 2.98. The molecule has 1 atom stereocenters. The van der Waals surface area contributed by atoms with E-state index in [1.54, 1.807) is 14.2 Å². The van der Waals surface area contributed by atoms with Gasteiger partial charge in [0.05, 0.1) is 19.9 Å². The lowest BCUT2D eigenvalue weighted by Crippen LogP contribution is -2.31. The molecular formula is C13H20Br2N2O2. The standard InChI is InChI=1S/C13H18N2O2.2BrH/c1-8(14)13-10-7-12(17-3)11(16-2)6-9(10)4-5-15-13;;/h6-8H,4-5,14H2,1-3H3;2*1H. The van der Waals surface area contributed by atoms with Gasteiger partial charge in [-0.1, -0.05) is 0 Å². The first-order chi connectivity index (χ1) is 8.17. The molecule has 6 heteroatoms. The van der Waals surface area contributed by atoms with Crippen LogP contribution in [0.15, 0.2) is 17.1 Å². The van der Waals surface area contributed by atoms with Crippen molar-refractivity contribution >= 4 is 39.7 Å². The molecule has 19 heavy (non-hydrogen) atoms. The first-order valence-electron chi connectivity index (χ1n) is 5.72. The van der Waals surface area contributed by atoms with Crippen LogP contribution in [0, 0.1) is 0 Å². The summed E-state index contributed by atoms with van der Waals surface area (Å²) >= 11 is 0. The van der Waals surface area contributed by atoms with Crippen LogP contribution in [-0.2, 0) is 6.42 Å². The quantitative estimate of drug-likeness (QED) is 0.855. The van der Waals surface area contributed by atoms with E-state index in [2.05, 4.69) is 4.99 Å². The predicted molar refractivity (Wildman–Crippen MR) is 88.9 cm³/mol. The van der Waals surface area contributed by atoms with Gasteiger partial charge in [0.2, 0.25) is 0 Å². The van der Waals surface area contributed by atoms with E-state index in [9.17, 15) is 0 Å². The minimum Gasteiger partial charge on any atom is -0.493 e. The van der Waals surface area contributed by atoms with E-state index in [1.165, 1.54) is 5.56 Å². The summed E-state index contributed by atoms with van der Waals surface area (Å²) in [6, 6.07) is 3.92. The van der Waals surface area contributed by atoms with Gasteiger partial charge in [0.1, 0.15) is 0 Å². The Balaban J connectivity index is 0.00000162. The number of fused-ring (bicyclic) bond motifs is 1. The zero-order valence-electron chi connectivity index (χ0n) is 11.3. The van der Waals surface area contributed by atoms with Crippen molar-refractivity contribution in [2.24, 2.45) is 10.7 Å². The Morgan fingerprint density at radius 1 is 1.16 bits per heavy atom. The van der Waals surface area contributed by atoms with Gasteiger partial charge in [0.25, 0.3) is 0 Å². The molecule has 1 unspecified atom stereocenters. The van der Waals surface area contributed by atoms with Crippen LogP contribution in [0.5, 0.6) is 11.5 Å². The lowest BCUT2D eigenvalue weighted by molar-refractivity contribution is 0.354. The summed E-state index contributed by atoms with van der Waals surface area (Å²) in [5.74, 6) is 1.48.